The van der Waals surface area contributed by atoms with Gasteiger partial charge in [-0.3, -0.25) is 4.79 Å². The Hall–Kier alpha value is -0.740. The van der Waals surface area contributed by atoms with Gasteiger partial charge in [0.25, 0.3) is 0 Å². The Morgan fingerprint density at radius 3 is 3.31 bits per heavy atom. The van der Waals surface area contributed by atoms with Crippen LogP contribution in [-0.4, -0.2) is 23.4 Å². The van der Waals surface area contributed by atoms with Gasteiger partial charge >= 0.3 is 0 Å². The van der Waals surface area contributed by atoms with Crippen LogP contribution in [0.15, 0.2) is 11.6 Å². The van der Waals surface area contributed by atoms with Crippen LogP contribution in [0.3, 0.4) is 0 Å². The largest absolute Gasteiger partial charge is 0.313 e. The van der Waals surface area contributed by atoms with Crippen molar-refractivity contribution in [1.29, 1.82) is 0 Å². The summed E-state index contributed by atoms with van der Waals surface area (Å²) in [5, 5.41) is 6.05. The lowest BCUT2D eigenvalue weighted by atomic mass is 9.91. The van der Waals surface area contributed by atoms with Crippen LogP contribution in [0.25, 0.3) is 0 Å². The molecule has 1 saturated carbocycles. The lowest BCUT2D eigenvalue weighted by Crippen LogP contribution is -2.29. The van der Waals surface area contributed by atoms with E-state index in [0.717, 1.165) is 18.4 Å². The summed E-state index contributed by atoms with van der Waals surface area (Å²) in [7, 11) is 0. The summed E-state index contributed by atoms with van der Waals surface area (Å²) in [4.78, 5) is 16.0. The summed E-state index contributed by atoms with van der Waals surface area (Å²) >= 11 is 1.45. The smallest absolute Gasteiger partial charge is 0.192 e. The predicted octanol–water partition coefficient (Wildman–Crippen LogP) is 2.10. The van der Waals surface area contributed by atoms with Crippen molar-refractivity contribution in [3.8, 4) is 0 Å². The molecule has 1 aromatic heterocycles. The van der Waals surface area contributed by atoms with Crippen molar-refractivity contribution in [2.75, 3.05) is 6.54 Å². The standard InChI is InChI=1S/C12H16N2OS/c15-11(12-13-4-5-16-12)6-10-9-3-1-2-8(9)7-14-10/h4-5,8-10,14H,1-3,6-7H2. The minimum absolute atomic E-state index is 0.208. The fourth-order valence-corrected chi connectivity index (χ4v) is 3.76. The number of ketones is 1. The van der Waals surface area contributed by atoms with Gasteiger partial charge in [0.2, 0.25) is 0 Å². The number of nitrogens with one attached hydrogen (secondary N) is 1. The third-order valence-electron chi connectivity index (χ3n) is 3.95. The highest BCUT2D eigenvalue weighted by Gasteiger charge is 2.39. The van der Waals surface area contributed by atoms with Crippen molar-refractivity contribution < 1.29 is 4.79 Å². The molecule has 0 spiro atoms. The molecule has 1 aliphatic carbocycles. The van der Waals surface area contributed by atoms with Crippen LogP contribution in [0.1, 0.15) is 35.5 Å². The average molecular weight is 236 g/mol. The van der Waals surface area contributed by atoms with Crippen LogP contribution < -0.4 is 5.32 Å². The third-order valence-corrected chi connectivity index (χ3v) is 4.77. The predicted molar refractivity (Wildman–Crippen MR) is 63.7 cm³/mol. The third kappa shape index (κ3) is 1.80. The number of hydrogen-bond acceptors (Lipinski definition) is 4. The first kappa shape index (κ1) is 10.4. The highest BCUT2D eigenvalue weighted by Crippen LogP contribution is 2.38. The molecular formula is C12H16N2OS. The average Bonchev–Trinajstić information content (AvgIpc) is 2.94. The number of rotatable bonds is 3. The van der Waals surface area contributed by atoms with Crippen LogP contribution in [0.5, 0.6) is 0 Å². The van der Waals surface area contributed by atoms with Gasteiger partial charge in [-0.05, 0) is 31.2 Å². The van der Waals surface area contributed by atoms with Gasteiger partial charge in [0.1, 0.15) is 0 Å². The highest BCUT2D eigenvalue weighted by molar-refractivity contribution is 7.11. The molecule has 2 fully saturated rings. The fourth-order valence-electron chi connectivity index (χ4n) is 3.17. The molecular weight excluding hydrogens is 220 g/mol. The molecule has 0 bridgehead atoms. The zero-order chi connectivity index (χ0) is 11.0. The Kier molecular flexibility index (Phi) is 2.77. The topological polar surface area (TPSA) is 42.0 Å². The molecule has 16 heavy (non-hydrogen) atoms. The monoisotopic (exact) mass is 236 g/mol. The van der Waals surface area contributed by atoms with Crippen LogP contribution in [-0.2, 0) is 0 Å². The molecule has 1 aromatic rings. The zero-order valence-electron chi connectivity index (χ0n) is 9.19. The molecule has 0 aromatic carbocycles. The van der Waals surface area contributed by atoms with E-state index in [1.807, 2.05) is 5.38 Å². The first-order valence-electron chi connectivity index (χ1n) is 6.00. The molecule has 3 nitrogen and oxygen atoms in total. The SMILES string of the molecule is O=C(CC1NCC2CCCC21)c1nccs1. The molecule has 3 atom stereocenters. The second kappa shape index (κ2) is 4.26. The van der Waals surface area contributed by atoms with Crippen molar-refractivity contribution >= 4 is 17.1 Å². The van der Waals surface area contributed by atoms with E-state index in [2.05, 4.69) is 10.3 Å². The van der Waals surface area contributed by atoms with E-state index in [9.17, 15) is 4.79 Å². The van der Waals surface area contributed by atoms with Crippen molar-refractivity contribution in [2.24, 2.45) is 11.8 Å². The van der Waals surface area contributed by atoms with E-state index in [1.54, 1.807) is 6.20 Å². The number of Topliss-reactive ketones (excluding diaryl/α,β-unsaturated/α-hetero) is 1. The van der Waals surface area contributed by atoms with Crippen molar-refractivity contribution in [3.63, 3.8) is 0 Å². The number of carbonyl (C=O) groups is 1. The van der Waals surface area contributed by atoms with Gasteiger partial charge in [0.05, 0.1) is 0 Å². The van der Waals surface area contributed by atoms with E-state index >= 15 is 0 Å². The van der Waals surface area contributed by atoms with Crippen LogP contribution >= 0.6 is 11.3 Å². The van der Waals surface area contributed by atoms with E-state index < -0.39 is 0 Å². The van der Waals surface area contributed by atoms with Crippen LogP contribution in [0.4, 0.5) is 0 Å². The molecule has 3 rings (SSSR count). The van der Waals surface area contributed by atoms with E-state index in [-0.39, 0.29) is 5.78 Å². The minimum atomic E-state index is 0.208. The summed E-state index contributed by atoms with van der Waals surface area (Å²) in [6, 6.07) is 0.406. The van der Waals surface area contributed by atoms with Gasteiger partial charge in [0.15, 0.2) is 10.8 Å². The Labute approximate surface area is 99.3 Å². The lowest BCUT2D eigenvalue weighted by Gasteiger charge is -2.16. The molecule has 4 heteroatoms. The first-order chi connectivity index (χ1) is 7.84. The Balaban J connectivity index is 1.65. The number of hydrogen-bond donors (Lipinski definition) is 1. The molecule has 0 radical (unpaired) electrons. The normalized spacial score (nSPS) is 32.9. The van der Waals surface area contributed by atoms with Crippen molar-refractivity contribution in [2.45, 2.75) is 31.7 Å². The summed E-state index contributed by atoms with van der Waals surface area (Å²) in [6.07, 6.45) is 6.33. The number of aromatic nitrogens is 1. The van der Waals surface area contributed by atoms with Gasteiger partial charge in [-0.25, -0.2) is 4.98 Å². The van der Waals surface area contributed by atoms with Crippen molar-refractivity contribution in [3.05, 3.63) is 16.6 Å². The molecule has 1 aliphatic heterocycles. The molecule has 1 N–H and O–H groups in total. The van der Waals surface area contributed by atoms with Gasteiger partial charge in [-0.1, -0.05) is 6.42 Å². The first-order valence-corrected chi connectivity index (χ1v) is 6.88. The molecule has 3 unspecified atom stereocenters. The summed E-state index contributed by atoms with van der Waals surface area (Å²) in [6.45, 7) is 1.11. The van der Waals surface area contributed by atoms with Crippen molar-refractivity contribution in [1.82, 2.24) is 10.3 Å². The van der Waals surface area contributed by atoms with E-state index in [1.165, 1.54) is 30.6 Å². The van der Waals surface area contributed by atoms with Gasteiger partial charge in [-0.15, -0.1) is 11.3 Å². The van der Waals surface area contributed by atoms with Gasteiger partial charge in [-0.2, -0.15) is 0 Å². The zero-order valence-corrected chi connectivity index (χ0v) is 10.0. The number of nitrogens with zero attached hydrogens (tertiary/aromatic N) is 1. The molecule has 2 heterocycles. The number of thiazole rings is 1. The molecule has 1 saturated heterocycles. The van der Waals surface area contributed by atoms with E-state index in [0.29, 0.717) is 17.5 Å². The number of carbonyl (C=O) groups excluding carboxylic acids is 1. The maximum absolute atomic E-state index is 12.0. The Bertz CT molecular complexity index is 376. The highest BCUT2D eigenvalue weighted by atomic mass is 32.1. The minimum Gasteiger partial charge on any atom is -0.313 e. The maximum Gasteiger partial charge on any atom is 0.192 e. The molecule has 2 aliphatic rings. The maximum atomic E-state index is 12.0. The van der Waals surface area contributed by atoms with Gasteiger partial charge < -0.3 is 5.32 Å². The van der Waals surface area contributed by atoms with E-state index in [4.69, 9.17) is 0 Å². The second-order valence-electron chi connectivity index (χ2n) is 4.83. The molecule has 0 amide bonds. The summed E-state index contributed by atoms with van der Waals surface area (Å²) in [5.41, 5.74) is 0. The number of fused-ring (bicyclic) bond motifs is 1. The lowest BCUT2D eigenvalue weighted by molar-refractivity contribution is 0.0963. The Morgan fingerprint density at radius 1 is 1.56 bits per heavy atom. The Morgan fingerprint density at radius 2 is 2.50 bits per heavy atom. The quantitative estimate of drug-likeness (QED) is 0.817. The fraction of sp³-hybridized carbons (Fsp3) is 0.667. The second-order valence-corrected chi connectivity index (χ2v) is 5.73. The summed E-state index contributed by atoms with van der Waals surface area (Å²) in [5.74, 6) is 1.78. The van der Waals surface area contributed by atoms with Crippen LogP contribution in [0.2, 0.25) is 0 Å². The van der Waals surface area contributed by atoms with Crippen LogP contribution in [0, 0.1) is 11.8 Å². The van der Waals surface area contributed by atoms with Gasteiger partial charge in [0, 0.05) is 24.0 Å². The molecule has 86 valence electrons. The summed E-state index contributed by atoms with van der Waals surface area (Å²) < 4.78 is 0.